The highest BCUT2D eigenvalue weighted by atomic mass is 16.1. The molecule has 1 aromatic carbocycles. The highest BCUT2D eigenvalue weighted by Gasteiger charge is 2.07. The zero-order valence-electron chi connectivity index (χ0n) is 15.1. The van der Waals surface area contributed by atoms with Crippen molar-refractivity contribution in [2.45, 2.75) is 0 Å². The number of H-pyrrole nitrogens is 1. The number of hydrogen-bond donors (Lipinski definition) is 2. The first-order valence-corrected chi connectivity index (χ1v) is 8.41. The van der Waals surface area contributed by atoms with Gasteiger partial charge in [-0.2, -0.15) is 0 Å². The third-order valence-corrected chi connectivity index (χ3v) is 3.99. The van der Waals surface area contributed by atoms with Gasteiger partial charge < -0.3 is 15.2 Å². The predicted molar refractivity (Wildman–Crippen MR) is 108 cm³/mol. The Labute approximate surface area is 157 Å². The molecule has 0 aliphatic heterocycles. The van der Waals surface area contributed by atoms with E-state index in [1.54, 1.807) is 24.4 Å². The summed E-state index contributed by atoms with van der Waals surface area (Å²) in [5.41, 5.74) is 4.35. The molecule has 0 aliphatic rings. The molecule has 2 heterocycles. The Bertz CT molecular complexity index is 955. The van der Waals surface area contributed by atoms with Crippen LogP contribution in [0.5, 0.6) is 0 Å². The van der Waals surface area contributed by atoms with E-state index >= 15 is 0 Å². The van der Waals surface area contributed by atoms with Crippen molar-refractivity contribution in [3.05, 3.63) is 77.4 Å². The van der Waals surface area contributed by atoms with Crippen LogP contribution in [0.15, 0.2) is 54.9 Å². The maximum absolute atomic E-state index is 12.2. The van der Waals surface area contributed by atoms with Crippen molar-refractivity contribution in [2.75, 3.05) is 24.3 Å². The van der Waals surface area contributed by atoms with Crippen LogP contribution >= 0.6 is 0 Å². The quantitative estimate of drug-likeness (QED) is 0.657. The molecule has 0 atom stereocenters. The summed E-state index contributed by atoms with van der Waals surface area (Å²) in [4.78, 5) is 32.0. The fraction of sp³-hybridized carbons (Fsp3) is 0.0952. The fourth-order valence-corrected chi connectivity index (χ4v) is 2.46. The number of pyridine rings is 1. The molecule has 3 rings (SSSR count). The number of nitrogens with zero attached hydrogens (tertiary/aromatic N) is 2. The van der Waals surface area contributed by atoms with E-state index in [4.69, 9.17) is 0 Å². The Kier molecular flexibility index (Phi) is 5.47. The van der Waals surface area contributed by atoms with Crippen LogP contribution < -0.4 is 10.2 Å². The average molecular weight is 360 g/mol. The molecule has 2 N–H and O–H groups in total. The number of amides is 1. The molecule has 0 aliphatic carbocycles. The van der Waals surface area contributed by atoms with Crippen LogP contribution in [-0.4, -0.2) is 36.3 Å². The first-order valence-electron chi connectivity index (χ1n) is 8.41. The number of anilines is 2. The largest absolute Gasteiger partial charge is 0.378 e. The lowest BCUT2D eigenvalue weighted by atomic mass is 10.1. The van der Waals surface area contributed by atoms with Crippen LogP contribution in [0.1, 0.15) is 32.1 Å². The van der Waals surface area contributed by atoms with Gasteiger partial charge in [-0.25, -0.2) is 0 Å². The highest BCUT2D eigenvalue weighted by molar-refractivity contribution is 6.04. The molecule has 0 spiro atoms. The molecule has 6 nitrogen and oxygen atoms in total. The summed E-state index contributed by atoms with van der Waals surface area (Å²) in [6.07, 6.45) is 7.65. The second-order valence-corrected chi connectivity index (χ2v) is 6.21. The Balaban J connectivity index is 1.63. The molecule has 6 heteroatoms. The molecule has 0 bridgehead atoms. The highest BCUT2D eigenvalue weighted by Crippen LogP contribution is 2.15. The molecular weight excluding hydrogens is 340 g/mol. The van der Waals surface area contributed by atoms with E-state index in [1.165, 1.54) is 6.20 Å². The number of aldehydes is 1. The molecule has 3 aromatic rings. The number of carbonyl (C=O) groups excluding carboxylic acids is 2. The van der Waals surface area contributed by atoms with Crippen LogP contribution in [0.3, 0.4) is 0 Å². The van der Waals surface area contributed by atoms with E-state index in [9.17, 15) is 9.59 Å². The molecule has 0 saturated heterocycles. The van der Waals surface area contributed by atoms with E-state index < -0.39 is 0 Å². The van der Waals surface area contributed by atoms with Gasteiger partial charge in [0, 0.05) is 32.2 Å². The average Bonchev–Trinajstić information content (AvgIpc) is 3.14. The standard InChI is InChI=1S/C21H20N4O2/c1-25(2)20-9-4-15(5-10-20)3-7-17-8-6-16(12-22-17)21(27)24-18-11-19(14-26)23-13-18/h3-14,23H,1-2H3,(H,24,27)/b7-3+. The molecule has 27 heavy (non-hydrogen) atoms. The second kappa shape index (κ2) is 8.14. The Morgan fingerprint density at radius 3 is 2.48 bits per heavy atom. The van der Waals surface area contributed by atoms with Crippen LogP contribution in [-0.2, 0) is 0 Å². The van der Waals surface area contributed by atoms with Gasteiger partial charge in [0.2, 0.25) is 0 Å². The summed E-state index contributed by atoms with van der Waals surface area (Å²) in [5, 5.41) is 2.71. The summed E-state index contributed by atoms with van der Waals surface area (Å²) in [7, 11) is 4.01. The molecule has 1 amide bonds. The normalized spacial score (nSPS) is 10.7. The lowest BCUT2D eigenvalue weighted by molar-refractivity contribution is 0.102. The van der Waals surface area contributed by atoms with Crippen molar-refractivity contribution >= 4 is 35.7 Å². The van der Waals surface area contributed by atoms with E-state index in [1.807, 2.05) is 43.3 Å². The summed E-state index contributed by atoms with van der Waals surface area (Å²) < 4.78 is 0. The maximum atomic E-state index is 12.2. The first-order chi connectivity index (χ1) is 13.0. The van der Waals surface area contributed by atoms with Crippen LogP contribution in [0.25, 0.3) is 12.2 Å². The van der Waals surface area contributed by atoms with Crippen molar-refractivity contribution < 1.29 is 9.59 Å². The van der Waals surface area contributed by atoms with Gasteiger partial charge >= 0.3 is 0 Å². The number of aromatic nitrogens is 2. The van der Waals surface area contributed by atoms with Gasteiger partial charge in [-0.15, -0.1) is 0 Å². The van der Waals surface area contributed by atoms with Gasteiger partial charge in [0.05, 0.1) is 22.6 Å². The van der Waals surface area contributed by atoms with Crippen molar-refractivity contribution in [2.24, 2.45) is 0 Å². The van der Waals surface area contributed by atoms with Gasteiger partial charge in [-0.05, 0) is 42.0 Å². The van der Waals surface area contributed by atoms with Crippen LogP contribution in [0.4, 0.5) is 11.4 Å². The number of carbonyl (C=O) groups is 2. The molecule has 0 radical (unpaired) electrons. The lowest BCUT2D eigenvalue weighted by Crippen LogP contribution is -2.11. The van der Waals surface area contributed by atoms with Crippen molar-refractivity contribution in [3.63, 3.8) is 0 Å². The zero-order valence-corrected chi connectivity index (χ0v) is 15.1. The SMILES string of the molecule is CN(C)c1ccc(/C=C/c2ccc(C(=O)Nc3c[nH]c(C=O)c3)cn2)cc1. The number of nitrogens with one attached hydrogen (secondary N) is 2. The lowest BCUT2D eigenvalue weighted by Gasteiger charge is -2.11. The van der Waals surface area contributed by atoms with E-state index in [0.717, 1.165) is 16.9 Å². The third-order valence-electron chi connectivity index (χ3n) is 3.99. The number of benzene rings is 1. The third kappa shape index (κ3) is 4.70. The first kappa shape index (κ1) is 18.1. The van der Waals surface area contributed by atoms with Crippen molar-refractivity contribution in [1.29, 1.82) is 0 Å². The summed E-state index contributed by atoms with van der Waals surface area (Å²) in [5.74, 6) is -0.284. The van der Waals surface area contributed by atoms with E-state index in [2.05, 4.69) is 27.4 Å². The van der Waals surface area contributed by atoms with Gasteiger partial charge in [0.25, 0.3) is 5.91 Å². The maximum Gasteiger partial charge on any atom is 0.257 e. The fourth-order valence-electron chi connectivity index (χ4n) is 2.46. The number of aromatic amines is 1. The summed E-state index contributed by atoms with van der Waals surface area (Å²) in [6.45, 7) is 0. The van der Waals surface area contributed by atoms with Gasteiger partial charge in [0.15, 0.2) is 6.29 Å². The Morgan fingerprint density at radius 1 is 1.11 bits per heavy atom. The molecule has 2 aromatic heterocycles. The minimum absolute atomic E-state index is 0.284. The molecule has 0 unspecified atom stereocenters. The second-order valence-electron chi connectivity index (χ2n) is 6.21. The summed E-state index contributed by atoms with van der Waals surface area (Å²) >= 11 is 0. The minimum Gasteiger partial charge on any atom is -0.378 e. The molecular formula is C21H20N4O2. The minimum atomic E-state index is -0.284. The van der Waals surface area contributed by atoms with Crippen molar-refractivity contribution in [1.82, 2.24) is 9.97 Å². The summed E-state index contributed by atoms with van der Waals surface area (Å²) in [6, 6.07) is 13.3. The topological polar surface area (TPSA) is 78.1 Å². The smallest absolute Gasteiger partial charge is 0.257 e. The predicted octanol–water partition coefficient (Wildman–Crippen LogP) is 3.71. The number of hydrogen-bond acceptors (Lipinski definition) is 4. The molecule has 136 valence electrons. The van der Waals surface area contributed by atoms with Gasteiger partial charge in [-0.3, -0.25) is 14.6 Å². The van der Waals surface area contributed by atoms with E-state index in [0.29, 0.717) is 23.2 Å². The van der Waals surface area contributed by atoms with Crippen LogP contribution in [0.2, 0.25) is 0 Å². The Morgan fingerprint density at radius 2 is 1.89 bits per heavy atom. The monoisotopic (exact) mass is 360 g/mol. The van der Waals surface area contributed by atoms with Crippen LogP contribution in [0, 0.1) is 0 Å². The Hall–Kier alpha value is -3.67. The zero-order chi connectivity index (χ0) is 19.2. The molecule has 0 fully saturated rings. The van der Waals surface area contributed by atoms with E-state index in [-0.39, 0.29) is 5.91 Å². The van der Waals surface area contributed by atoms with Gasteiger partial charge in [0.1, 0.15) is 0 Å². The van der Waals surface area contributed by atoms with Crippen molar-refractivity contribution in [3.8, 4) is 0 Å². The van der Waals surface area contributed by atoms with Gasteiger partial charge in [-0.1, -0.05) is 18.2 Å². The molecule has 0 saturated carbocycles. The number of rotatable bonds is 6.